The second-order valence-corrected chi connectivity index (χ2v) is 7.28. The molecule has 0 aliphatic rings. The van der Waals surface area contributed by atoms with Crippen LogP contribution in [0.15, 0.2) is 78.9 Å². The van der Waals surface area contributed by atoms with E-state index in [-0.39, 0.29) is 5.91 Å². The minimum Gasteiger partial charge on any atom is -0.489 e. The van der Waals surface area contributed by atoms with Gasteiger partial charge in [0, 0.05) is 25.7 Å². The minimum atomic E-state index is 0.0392. The third-order valence-corrected chi connectivity index (χ3v) is 4.80. The number of hydrogen-bond donors (Lipinski definition) is 0. The number of carbonyl (C=O) groups excluding carboxylic acids is 1. The van der Waals surface area contributed by atoms with Gasteiger partial charge >= 0.3 is 0 Å². The van der Waals surface area contributed by atoms with Gasteiger partial charge in [-0.2, -0.15) is 0 Å². The van der Waals surface area contributed by atoms with Crippen LogP contribution in [0.1, 0.15) is 12.5 Å². The second-order valence-electron chi connectivity index (χ2n) is 7.28. The van der Waals surface area contributed by atoms with Crippen LogP contribution >= 0.6 is 0 Å². The van der Waals surface area contributed by atoms with Crippen LogP contribution in [0.2, 0.25) is 0 Å². The molecule has 0 aliphatic carbocycles. The Kier molecular flexibility index (Phi) is 7.04. The van der Waals surface area contributed by atoms with Crippen molar-refractivity contribution in [2.75, 3.05) is 32.1 Å². The maximum Gasteiger partial charge on any atom is 0.223 e. The van der Waals surface area contributed by atoms with E-state index in [1.54, 1.807) is 11.8 Å². The Labute approximate surface area is 173 Å². The number of anilines is 1. The zero-order chi connectivity index (χ0) is 20.6. The fraction of sp³-hybridized carbons (Fsp3) is 0.240. The van der Waals surface area contributed by atoms with Gasteiger partial charge in [0.25, 0.3) is 0 Å². The van der Waals surface area contributed by atoms with E-state index < -0.39 is 0 Å². The van der Waals surface area contributed by atoms with Crippen molar-refractivity contribution >= 4 is 11.6 Å². The highest BCUT2D eigenvalue weighted by molar-refractivity contribution is 5.91. The third kappa shape index (κ3) is 5.69. The summed E-state index contributed by atoms with van der Waals surface area (Å²) in [6.45, 7) is 3.56. The molecule has 0 radical (unpaired) electrons. The molecule has 0 aliphatic heterocycles. The van der Waals surface area contributed by atoms with Crippen molar-refractivity contribution in [3.63, 3.8) is 0 Å². The lowest BCUT2D eigenvalue weighted by atomic mass is 10.0. The predicted octanol–water partition coefficient (Wildman–Crippen LogP) is 4.85. The lowest BCUT2D eigenvalue weighted by molar-refractivity contribution is -0.116. The largest absolute Gasteiger partial charge is 0.489 e. The highest BCUT2D eigenvalue weighted by atomic mass is 16.5. The standard InChI is InChI=1S/C25H28N2O2/c1-20(28)27(18-17-26(2)3)23-13-15-24(16-14-23)29-19-22-11-7-8-12-25(22)21-9-5-4-6-10-21/h4-16H,17-19H2,1-3H3. The Morgan fingerprint density at radius 3 is 2.14 bits per heavy atom. The van der Waals surface area contributed by atoms with Gasteiger partial charge in [-0.05, 0) is 55.1 Å². The van der Waals surface area contributed by atoms with Crippen LogP contribution in [0.3, 0.4) is 0 Å². The number of likely N-dealkylation sites (N-methyl/N-ethyl adjacent to an activating group) is 1. The van der Waals surface area contributed by atoms with Gasteiger partial charge in [0.15, 0.2) is 0 Å². The van der Waals surface area contributed by atoms with Crippen LogP contribution < -0.4 is 9.64 Å². The molecule has 0 spiro atoms. The summed E-state index contributed by atoms with van der Waals surface area (Å²) < 4.78 is 6.04. The zero-order valence-electron chi connectivity index (χ0n) is 17.3. The molecular weight excluding hydrogens is 360 g/mol. The highest BCUT2D eigenvalue weighted by Gasteiger charge is 2.12. The molecule has 0 heterocycles. The number of ether oxygens (including phenoxy) is 1. The van der Waals surface area contributed by atoms with Crippen molar-refractivity contribution in [1.82, 2.24) is 4.90 Å². The van der Waals surface area contributed by atoms with Crippen LogP contribution in [0.25, 0.3) is 11.1 Å². The molecule has 150 valence electrons. The number of carbonyl (C=O) groups is 1. The third-order valence-electron chi connectivity index (χ3n) is 4.80. The number of benzene rings is 3. The molecule has 3 aromatic carbocycles. The van der Waals surface area contributed by atoms with Gasteiger partial charge in [0.2, 0.25) is 5.91 Å². The Hall–Kier alpha value is -3.11. The number of rotatable bonds is 8. The highest BCUT2D eigenvalue weighted by Crippen LogP contribution is 2.25. The van der Waals surface area contributed by atoms with Crippen LogP contribution in [-0.2, 0) is 11.4 Å². The Balaban J connectivity index is 1.69. The molecule has 0 fully saturated rings. The first-order valence-electron chi connectivity index (χ1n) is 9.83. The van der Waals surface area contributed by atoms with Gasteiger partial charge in [-0.15, -0.1) is 0 Å². The monoisotopic (exact) mass is 388 g/mol. The molecule has 3 rings (SSSR count). The SMILES string of the molecule is CC(=O)N(CCN(C)C)c1ccc(OCc2ccccc2-c2ccccc2)cc1. The average Bonchev–Trinajstić information content (AvgIpc) is 2.73. The number of amides is 1. The van der Waals surface area contributed by atoms with Crippen molar-refractivity contribution in [2.45, 2.75) is 13.5 Å². The molecule has 0 bridgehead atoms. The summed E-state index contributed by atoms with van der Waals surface area (Å²) in [5.41, 5.74) is 4.38. The fourth-order valence-electron chi connectivity index (χ4n) is 3.20. The first kappa shape index (κ1) is 20.6. The summed E-state index contributed by atoms with van der Waals surface area (Å²) in [6.07, 6.45) is 0. The van der Waals surface area contributed by atoms with Crippen LogP contribution in [0.5, 0.6) is 5.75 Å². The lowest BCUT2D eigenvalue weighted by Gasteiger charge is -2.23. The lowest BCUT2D eigenvalue weighted by Crippen LogP contribution is -2.35. The molecular formula is C25H28N2O2. The Morgan fingerprint density at radius 1 is 0.828 bits per heavy atom. The minimum absolute atomic E-state index is 0.0392. The van der Waals surface area contributed by atoms with Gasteiger partial charge in [-0.3, -0.25) is 4.79 Å². The van der Waals surface area contributed by atoms with E-state index in [2.05, 4.69) is 29.2 Å². The second kappa shape index (κ2) is 9.89. The van der Waals surface area contributed by atoms with Crippen molar-refractivity contribution in [2.24, 2.45) is 0 Å². The van der Waals surface area contributed by atoms with Crippen molar-refractivity contribution < 1.29 is 9.53 Å². The van der Waals surface area contributed by atoms with Crippen LogP contribution in [0.4, 0.5) is 5.69 Å². The molecule has 4 nitrogen and oxygen atoms in total. The molecule has 0 unspecified atom stereocenters. The van der Waals surface area contributed by atoms with Crippen molar-refractivity contribution in [3.05, 3.63) is 84.4 Å². The first-order chi connectivity index (χ1) is 14.0. The number of nitrogens with zero attached hydrogens (tertiary/aromatic N) is 2. The van der Waals surface area contributed by atoms with E-state index in [4.69, 9.17) is 4.74 Å². The molecule has 4 heteroatoms. The van der Waals surface area contributed by atoms with Crippen molar-refractivity contribution in [1.29, 1.82) is 0 Å². The molecule has 0 saturated heterocycles. The van der Waals surface area contributed by atoms with Gasteiger partial charge in [-0.1, -0.05) is 54.6 Å². The van der Waals surface area contributed by atoms with E-state index in [1.165, 1.54) is 11.1 Å². The van der Waals surface area contributed by atoms with E-state index in [0.29, 0.717) is 13.2 Å². The summed E-state index contributed by atoms with van der Waals surface area (Å²) in [7, 11) is 4.01. The fourth-order valence-corrected chi connectivity index (χ4v) is 3.20. The van der Waals surface area contributed by atoms with Crippen LogP contribution in [0, 0.1) is 0 Å². The summed E-state index contributed by atoms with van der Waals surface area (Å²) in [4.78, 5) is 15.9. The molecule has 0 atom stereocenters. The maximum atomic E-state index is 12.0. The number of hydrogen-bond acceptors (Lipinski definition) is 3. The molecule has 0 aromatic heterocycles. The molecule has 0 N–H and O–H groups in total. The Bertz CT molecular complexity index is 921. The molecule has 29 heavy (non-hydrogen) atoms. The van der Waals surface area contributed by atoms with E-state index in [0.717, 1.165) is 23.5 Å². The van der Waals surface area contributed by atoms with Gasteiger partial charge in [-0.25, -0.2) is 0 Å². The molecule has 3 aromatic rings. The first-order valence-corrected chi connectivity index (χ1v) is 9.83. The van der Waals surface area contributed by atoms with Gasteiger partial charge in [0.05, 0.1) is 0 Å². The van der Waals surface area contributed by atoms with Crippen molar-refractivity contribution in [3.8, 4) is 16.9 Å². The Morgan fingerprint density at radius 2 is 1.48 bits per heavy atom. The summed E-state index contributed by atoms with van der Waals surface area (Å²) in [5.74, 6) is 0.824. The van der Waals surface area contributed by atoms with Gasteiger partial charge in [0.1, 0.15) is 12.4 Å². The predicted molar refractivity (Wildman–Crippen MR) is 119 cm³/mol. The topological polar surface area (TPSA) is 32.8 Å². The maximum absolute atomic E-state index is 12.0. The van der Waals surface area contributed by atoms with Gasteiger partial charge < -0.3 is 14.5 Å². The summed E-state index contributed by atoms with van der Waals surface area (Å²) >= 11 is 0. The molecule has 1 amide bonds. The van der Waals surface area contributed by atoms with Crippen LogP contribution in [-0.4, -0.2) is 38.0 Å². The average molecular weight is 389 g/mol. The van der Waals surface area contributed by atoms with E-state index >= 15 is 0 Å². The summed E-state index contributed by atoms with van der Waals surface area (Å²) in [5, 5.41) is 0. The normalized spacial score (nSPS) is 10.8. The quantitative estimate of drug-likeness (QED) is 0.553. The summed E-state index contributed by atoms with van der Waals surface area (Å²) in [6, 6.07) is 26.3. The van der Waals surface area contributed by atoms with E-state index in [1.807, 2.05) is 68.7 Å². The smallest absolute Gasteiger partial charge is 0.223 e. The molecule has 0 saturated carbocycles. The van der Waals surface area contributed by atoms with E-state index in [9.17, 15) is 4.79 Å². The zero-order valence-corrected chi connectivity index (χ0v) is 17.3.